The lowest BCUT2D eigenvalue weighted by atomic mass is 10.0. The SMILES string of the molecule is Cc1nc(-c2ccc(C(=O)OC(C)C(=O)N3CCCc4ccccc43)cc2)[nH]c1C. The normalized spacial score (nSPS) is 14.2. The molecule has 1 amide bonds. The number of carbonyl (C=O) groups excluding carboxylic acids is 2. The summed E-state index contributed by atoms with van der Waals surface area (Å²) >= 11 is 0. The van der Waals surface area contributed by atoms with Gasteiger partial charge < -0.3 is 14.6 Å². The summed E-state index contributed by atoms with van der Waals surface area (Å²) in [5.74, 6) is 0.0467. The molecule has 1 atom stereocenters. The molecule has 1 unspecified atom stereocenters. The molecule has 6 nitrogen and oxygen atoms in total. The van der Waals surface area contributed by atoms with Gasteiger partial charge in [-0.05, 0) is 57.4 Å². The van der Waals surface area contributed by atoms with Crippen molar-refractivity contribution in [3.63, 3.8) is 0 Å². The molecule has 0 bridgehead atoms. The van der Waals surface area contributed by atoms with Gasteiger partial charge in [0.25, 0.3) is 5.91 Å². The number of aromatic nitrogens is 2. The van der Waals surface area contributed by atoms with Crippen molar-refractivity contribution < 1.29 is 14.3 Å². The molecular formula is C24H25N3O3. The maximum absolute atomic E-state index is 12.9. The Balaban J connectivity index is 1.44. The fraction of sp³-hybridized carbons (Fsp3) is 0.292. The van der Waals surface area contributed by atoms with Crippen molar-refractivity contribution >= 4 is 17.6 Å². The van der Waals surface area contributed by atoms with E-state index in [4.69, 9.17) is 4.74 Å². The maximum atomic E-state index is 12.9. The van der Waals surface area contributed by atoms with Crippen LogP contribution >= 0.6 is 0 Å². The Bertz CT molecular complexity index is 1070. The highest BCUT2D eigenvalue weighted by Gasteiger charge is 2.28. The van der Waals surface area contributed by atoms with Crippen LogP contribution < -0.4 is 4.90 Å². The van der Waals surface area contributed by atoms with Crippen molar-refractivity contribution in [1.29, 1.82) is 0 Å². The molecule has 1 aliphatic rings. The minimum Gasteiger partial charge on any atom is -0.449 e. The minimum atomic E-state index is -0.862. The van der Waals surface area contributed by atoms with Gasteiger partial charge in [-0.25, -0.2) is 9.78 Å². The number of aromatic amines is 1. The van der Waals surface area contributed by atoms with E-state index in [-0.39, 0.29) is 5.91 Å². The molecule has 0 radical (unpaired) electrons. The summed E-state index contributed by atoms with van der Waals surface area (Å²) in [4.78, 5) is 34.9. The minimum absolute atomic E-state index is 0.200. The van der Waals surface area contributed by atoms with E-state index in [1.807, 2.05) is 50.2 Å². The highest BCUT2D eigenvalue weighted by molar-refractivity contribution is 5.99. The third-order valence-electron chi connectivity index (χ3n) is 5.53. The Hall–Kier alpha value is -3.41. The number of rotatable bonds is 4. The molecule has 154 valence electrons. The van der Waals surface area contributed by atoms with E-state index in [1.54, 1.807) is 24.0 Å². The number of fused-ring (bicyclic) bond motifs is 1. The van der Waals surface area contributed by atoms with Crippen LogP contribution in [-0.4, -0.2) is 34.5 Å². The zero-order valence-electron chi connectivity index (χ0n) is 17.4. The number of imidazole rings is 1. The predicted octanol–water partition coefficient (Wildman–Crippen LogP) is 4.22. The van der Waals surface area contributed by atoms with E-state index < -0.39 is 12.1 Å². The molecule has 0 spiro atoms. The molecule has 0 saturated heterocycles. The van der Waals surface area contributed by atoms with E-state index in [0.717, 1.165) is 46.9 Å². The van der Waals surface area contributed by atoms with Gasteiger partial charge in [0.1, 0.15) is 5.82 Å². The Labute approximate surface area is 175 Å². The summed E-state index contributed by atoms with van der Waals surface area (Å²) in [6, 6.07) is 14.9. The fourth-order valence-electron chi connectivity index (χ4n) is 3.71. The first-order valence-electron chi connectivity index (χ1n) is 10.2. The number of H-pyrrole nitrogens is 1. The maximum Gasteiger partial charge on any atom is 0.338 e. The molecule has 3 aromatic rings. The molecule has 4 rings (SSSR count). The van der Waals surface area contributed by atoms with E-state index >= 15 is 0 Å². The van der Waals surface area contributed by atoms with Crippen LogP contribution in [0.2, 0.25) is 0 Å². The van der Waals surface area contributed by atoms with Crippen LogP contribution in [0.15, 0.2) is 48.5 Å². The van der Waals surface area contributed by atoms with Gasteiger partial charge in [0, 0.05) is 23.5 Å². The third kappa shape index (κ3) is 3.85. The zero-order valence-corrected chi connectivity index (χ0v) is 17.4. The topological polar surface area (TPSA) is 75.3 Å². The summed E-state index contributed by atoms with van der Waals surface area (Å²) in [6.45, 7) is 6.17. The number of benzene rings is 2. The van der Waals surface area contributed by atoms with Gasteiger partial charge in [-0.15, -0.1) is 0 Å². The van der Waals surface area contributed by atoms with Gasteiger partial charge in [0.15, 0.2) is 6.10 Å². The standard InChI is InChI=1S/C24H25N3O3/c1-15-16(2)26-22(25-15)19-10-12-20(13-11-19)24(29)30-17(3)23(28)27-14-6-8-18-7-4-5-9-21(18)27/h4-5,7,9-13,17H,6,8,14H2,1-3H3,(H,25,26). The van der Waals surface area contributed by atoms with Crippen LogP contribution in [0, 0.1) is 13.8 Å². The second kappa shape index (κ2) is 8.14. The van der Waals surface area contributed by atoms with E-state index in [0.29, 0.717) is 12.1 Å². The van der Waals surface area contributed by atoms with Crippen LogP contribution in [0.4, 0.5) is 5.69 Å². The summed E-state index contributed by atoms with van der Waals surface area (Å²) in [6.07, 6.45) is 0.991. The van der Waals surface area contributed by atoms with Crippen molar-refractivity contribution in [3.8, 4) is 11.4 Å². The van der Waals surface area contributed by atoms with Crippen molar-refractivity contribution in [1.82, 2.24) is 9.97 Å². The Kier molecular flexibility index (Phi) is 5.40. The number of carbonyl (C=O) groups is 2. The molecule has 0 saturated carbocycles. The molecule has 1 N–H and O–H groups in total. The molecule has 2 aromatic carbocycles. The first kappa shape index (κ1) is 19.9. The van der Waals surface area contributed by atoms with Crippen LogP contribution in [0.25, 0.3) is 11.4 Å². The van der Waals surface area contributed by atoms with E-state index in [1.165, 1.54) is 0 Å². The molecular weight excluding hydrogens is 378 g/mol. The number of nitrogens with one attached hydrogen (secondary N) is 1. The number of hydrogen-bond donors (Lipinski definition) is 1. The van der Waals surface area contributed by atoms with Crippen LogP contribution in [-0.2, 0) is 16.0 Å². The van der Waals surface area contributed by atoms with Gasteiger partial charge in [0.2, 0.25) is 0 Å². The zero-order chi connectivity index (χ0) is 21.3. The van der Waals surface area contributed by atoms with Crippen LogP contribution in [0.5, 0.6) is 0 Å². The van der Waals surface area contributed by atoms with Crippen LogP contribution in [0.1, 0.15) is 40.7 Å². The molecule has 0 aliphatic carbocycles. The second-order valence-electron chi connectivity index (χ2n) is 7.64. The Morgan fingerprint density at radius 1 is 1.10 bits per heavy atom. The highest BCUT2D eigenvalue weighted by atomic mass is 16.5. The van der Waals surface area contributed by atoms with Crippen molar-refractivity contribution in [2.24, 2.45) is 0 Å². The summed E-state index contributed by atoms with van der Waals surface area (Å²) in [5.41, 5.74) is 5.30. The lowest BCUT2D eigenvalue weighted by molar-refractivity contribution is -0.126. The highest BCUT2D eigenvalue weighted by Crippen LogP contribution is 2.27. The van der Waals surface area contributed by atoms with Crippen molar-refractivity contribution in [3.05, 3.63) is 71.0 Å². The lowest BCUT2D eigenvalue weighted by Gasteiger charge is -2.31. The number of anilines is 1. The summed E-state index contributed by atoms with van der Waals surface area (Å²) in [7, 11) is 0. The first-order chi connectivity index (χ1) is 14.4. The average Bonchev–Trinajstić information content (AvgIpc) is 3.11. The number of nitrogens with zero attached hydrogens (tertiary/aromatic N) is 2. The molecule has 0 fully saturated rings. The van der Waals surface area contributed by atoms with Gasteiger partial charge in [0.05, 0.1) is 11.3 Å². The molecule has 6 heteroatoms. The quantitative estimate of drug-likeness (QED) is 0.662. The van der Waals surface area contributed by atoms with Gasteiger partial charge >= 0.3 is 5.97 Å². The van der Waals surface area contributed by atoms with Gasteiger partial charge in [-0.3, -0.25) is 4.79 Å². The monoisotopic (exact) mass is 403 g/mol. The van der Waals surface area contributed by atoms with Crippen molar-refractivity contribution in [2.45, 2.75) is 39.7 Å². The number of aryl methyl sites for hydroxylation is 3. The lowest BCUT2D eigenvalue weighted by Crippen LogP contribution is -2.42. The van der Waals surface area contributed by atoms with E-state index in [9.17, 15) is 9.59 Å². The number of para-hydroxylation sites is 1. The second-order valence-corrected chi connectivity index (χ2v) is 7.64. The van der Waals surface area contributed by atoms with Gasteiger partial charge in [-0.1, -0.05) is 30.3 Å². The van der Waals surface area contributed by atoms with E-state index in [2.05, 4.69) is 9.97 Å². The van der Waals surface area contributed by atoms with Crippen molar-refractivity contribution in [2.75, 3.05) is 11.4 Å². The summed E-state index contributed by atoms with van der Waals surface area (Å²) in [5, 5.41) is 0. The molecule has 30 heavy (non-hydrogen) atoms. The first-order valence-corrected chi connectivity index (χ1v) is 10.2. The Morgan fingerprint density at radius 2 is 1.83 bits per heavy atom. The number of ether oxygens (including phenoxy) is 1. The molecule has 1 aromatic heterocycles. The fourth-order valence-corrected chi connectivity index (χ4v) is 3.71. The molecule has 2 heterocycles. The average molecular weight is 403 g/mol. The number of hydrogen-bond acceptors (Lipinski definition) is 4. The smallest absolute Gasteiger partial charge is 0.338 e. The molecule has 1 aliphatic heterocycles. The number of esters is 1. The summed E-state index contributed by atoms with van der Waals surface area (Å²) < 4.78 is 5.48. The number of amides is 1. The van der Waals surface area contributed by atoms with Gasteiger partial charge in [-0.2, -0.15) is 0 Å². The largest absolute Gasteiger partial charge is 0.449 e. The van der Waals surface area contributed by atoms with Crippen LogP contribution in [0.3, 0.4) is 0 Å². The predicted molar refractivity (Wildman–Crippen MR) is 115 cm³/mol. The Morgan fingerprint density at radius 3 is 2.53 bits per heavy atom. The third-order valence-corrected chi connectivity index (χ3v) is 5.53.